The third-order valence-electron chi connectivity index (χ3n) is 17.7. The molecule has 5 aromatic rings. The summed E-state index contributed by atoms with van der Waals surface area (Å²) in [6.45, 7) is 16.8. The minimum Gasteiger partial charge on any atom is -0.391 e. The van der Waals surface area contributed by atoms with Gasteiger partial charge < -0.3 is 45.6 Å². The number of aliphatic hydroxyl groups excluding tert-OH is 1. The fourth-order valence-electron chi connectivity index (χ4n) is 12.2. The van der Waals surface area contributed by atoms with Crippen molar-refractivity contribution in [1.29, 1.82) is 0 Å². The number of pyridine rings is 1. The van der Waals surface area contributed by atoms with Crippen molar-refractivity contribution in [2.45, 2.75) is 149 Å². The standard InChI is InChI=1S/C65H83F4N13O7S/c1-40-35-81(36-41(2)77(40)7)53-30-51(66)48(28-52(53)75-60(87)49-34-70-56(85)29-50(49)65(67,68)69)45-19-21-80(22-20-45)63-72-32-44(33-73-63)37-78-23-25-79(26-24-78)57(86)14-12-10-8-9-11-13-55(84)76-59(64(4,5)6)62(89)82-38-47(83)27-54(82)61(88)71-31-43-15-17-46(18-16-43)58-42(3)74-39-90-58/h15-19,28-30,32-34,39-41,47,54,59,83H,8-14,20-27,31,35-38H2,1-7H3,(H,70,85)(H,71,88)(H,75,87)(H,76,84)/t40-,41+,47-,54+,59?/m1/s1. The second-order valence-electron chi connectivity index (χ2n) is 25.4. The molecule has 5 amide bonds. The van der Waals surface area contributed by atoms with Crippen LogP contribution in [-0.4, -0.2) is 170 Å². The van der Waals surface area contributed by atoms with Crippen LogP contribution in [0.4, 0.5) is 34.9 Å². The zero-order valence-electron chi connectivity index (χ0n) is 52.3. The van der Waals surface area contributed by atoms with E-state index in [-0.39, 0.29) is 67.0 Å². The van der Waals surface area contributed by atoms with Gasteiger partial charge >= 0.3 is 6.18 Å². The lowest BCUT2D eigenvalue weighted by atomic mass is 9.85. The highest BCUT2D eigenvalue weighted by Gasteiger charge is 2.45. The molecule has 4 aliphatic rings. The Morgan fingerprint density at radius 2 is 1.52 bits per heavy atom. The number of amides is 5. The van der Waals surface area contributed by atoms with E-state index in [2.05, 4.69) is 45.7 Å². The van der Waals surface area contributed by atoms with Gasteiger partial charge in [0.2, 0.25) is 35.1 Å². The zero-order chi connectivity index (χ0) is 64.6. The smallest absolute Gasteiger partial charge is 0.391 e. The van der Waals surface area contributed by atoms with Crippen molar-refractivity contribution in [3.05, 3.63) is 122 Å². The number of carbonyl (C=O) groups is 5. The summed E-state index contributed by atoms with van der Waals surface area (Å²) < 4.78 is 58.4. The molecule has 20 nitrogen and oxygen atoms in total. The van der Waals surface area contributed by atoms with Gasteiger partial charge in [0.1, 0.15) is 17.9 Å². The van der Waals surface area contributed by atoms with E-state index in [1.807, 2.05) is 99.1 Å². The summed E-state index contributed by atoms with van der Waals surface area (Å²) in [6.07, 6.45) is 5.28. The number of piperazine rings is 2. The highest BCUT2D eigenvalue weighted by molar-refractivity contribution is 7.13. The van der Waals surface area contributed by atoms with Gasteiger partial charge in [0.25, 0.3) is 5.91 Å². The summed E-state index contributed by atoms with van der Waals surface area (Å²) in [5.41, 5.74) is 3.09. The number of alkyl halides is 3. The topological polar surface area (TPSA) is 233 Å². The number of aromatic amines is 1. The van der Waals surface area contributed by atoms with Crippen molar-refractivity contribution < 1.29 is 46.6 Å². The fourth-order valence-corrected chi connectivity index (χ4v) is 13.0. The van der Waals surface area contributed by atoms with E-state index in [0.29, 0.717) is 101 Å². The molecule has 2 aromatic carbocycles. The average Bonchev–Trinajstić information content (AvgIpc) is 0.879. The van der Waals surface area contributed by atoms with E-state index in [9.17, 15) is 47.0 Å². The minimum atomic E-state index is -4.98. The molecule has 1 unspecified atom stereocenters. The Kier molecular flexibility index (Phi) is 21.6. The van der Waals surface area contributed by atoms with Crippen LogP contribution in [0.1, 0.15) is 131 Å². The number of H-pyrrole nitrogens is 1. The van der Waals surface area contributed by atoms with E-state index in [1.54, 1.807) is 23.7 Å². The fraction of sp³-hybridized carbons (Fsp3) is 0.523. The van der Waals surface area contributed by atoms with Gasteiger partial charge in [0.15, 0.2) is 0 Å². The Hall–Kier alpha value is -7.61. The largest absolute Gasteiger partial charge is 0.417 e. The maximum Gasteiger partial charge on any atom is 0.417 e. The molecule has 90 heavy (non-hydrogen) atoms. The molecule has 25 heteroatoms. The Morgan fingerprint density at radius 1 is 0.844 bits per heavy atom. The molecule has 5 N–H and O–H groups in total. The van der Waals surface area contributed by atoms with Gasteiger partial charge in [-0.25, -0.2) is 19.3 Å². The first kappa shape index (κ1) is 66.8. The van der Waals surface area contributed by atoms with Gasteiger partial charge in [-0.15, -0.1) is 11.3 Å². The quantitative estimate of drug-likeness (QED) is 0.0346. The van der Waals surface area contributed by atoms with Gasteiger partial charge in [-0.2, -0.15) is 13.2 Å². The summed E-state index contributed by atoms with van der Waals surface area (Å²) in [5, 5.41) is 19.2. The van der Waals surface area contributed by atoms with Crippen molar-refractivity contribution in [3.8, 4) is 10.4 Å². The molecule has 4 aliphatic heterocycles. The van der Waals surface area contributed by atoms with E-state index < -0.39 is 64.1 Å². The number of halogens is 4. The predicted molar refractivity (Wildman–Crippen MR) is 338 cm³/mol. The summed E-state index contributed by atoms with van der Waals surface area (Å²) in [6, 6.07) is 9.33. The lowest BCUT2D eigenvalue weighted by molar-refractivity contribution is -0.144. The molecule has 3 saturated heterocycles. The predicted octanol–water partition coefficient (Wildman–Crippen LogP) is 8.01. The maximum atomic E-state index is 16.3. The first-order chi connectivity index (χ1) is 42.8. The van der Waals surface area contributed by atoms with Crippen LogP contribution in [-0.2, 0) is 38.4 Å². The number of β-amino-alcohol motifs (C(OH)–C–C–N with tert-alkyl or cyclic N) is 1. The first-order valence-corrected chi connectivity index (χ1v) is 31.9. The van der Waals surface area contributed by atoms with Gasteiger partial charge in [-0.05, 0) is 81.3 Å². The van der Waals surface area contributed by atoms with E-state index in [1.165, 1.54) is 17.0 Å². The van der Waals surface area contributed by atoms with Crippen LogP contribution >= 0.6 is 11.3 Å². The highest BCUT2D eigenvalue weighted by atomic mass is 32.1. The third kappa shape index (κ3) is 16.7. The van der Waals surface area contributed by atoms with Crippen molar-refractivity contribution in [2.24, 2.45) is 5.41 Å². The zero-order valence-corrected chi connectivity index (χ0v) is 53.1. The van der Waals surface area contributed by atoms with Crippen molar-refractivity contribution >= 4 is 63.8 Å². The summed E-state index contributed by atoms with van der Waals surface area (Å²) in [5.74, 6) is -2.07. The van der Waals surface area contributed by atoms with Crippen LogP contribution in [0.25, 0.3) is 16.0 Å². The van der Waals surface area contributed by atoms with Gasteiger partial charge in [0.05, 0.1) is 44.7 Å². The second-order valence-corrected chi connectivity index (χ2v) is 26.2. The average molecular weight is 1270 g/mol. The Bertz CT molecular complexity index is 3440. The molecule has 0 bridgehead atoms. The molecule has 0 spiro atoms. The van der Waals surface area contributed by atoms with Crippen molar-refractivity contribution in [2.75, 3.05) is 81.1 Å². The van der Waals surface area contributed by atoms with Crippen LogP contribution in [0.3, 0.4) is 0 Å². The Labute approximate surface area is 526 Å². The molecule has 0 saturated carbocycles. The maximum absolute atomic E-state index is 16.3. The first-order valence-electron chi connectivity index (χ1n) is 31.0. The molecule has 5 atom stereocenters. The number of aromatic nitrogens is 4. The number of likely N-dealkylation sites (tertiary alicyclic amines) is 1. The Balaban J connectivity index is 0.683. The lowest BCUT2D eigenvalue weighted by Gasteiger charge is -2.44. The SMILES string of the molecule is Cc1ncsc1-c1ccc(CNC(=O)[C@@H]2C[C@@H](O)CN2C(=O)C(NC(=O)CCCCCCCC(=O)N2CCN(Cc3cnc(N4CC=C(c5cc(NC(=O)c6c[nH]c(=O)cc6C(F)(F)F)c(N6C[C@@H](C)N(C)[C@@H](C)C6)cc5F)CC4)nc3)CC2)C(C)(C)C)cc1. The number of hydrogen-bond acceptors (Lipinski definition) is 15. The number of carbonyl (C=O) groups excluding carboxylic acids is 5. The number of benzene rings is 2. The van der Waals surface area contributed by atoms with Crippen LogP contribution in [0.15, 0.2) is 77.4 Å². The van der Waals surface area contributed by atoms with E-state index >= 15 is 4.39 Å². The number of likely N-dealkylation sites (N-methyl/N-ethyl adjacent to an activating group) is 1. The van der Waals surface area contributed by atoms with Crippen molar-refractivity contribution in [3.63, 3.8) is 0 Å². The molecule has 0 radical (unpaired) electrons. The highest BCUT2D eigenvalue weighted by Crippen LogP contribution is 2.38. The number of rotatable bonds is 21. The second kappa shape index (κ2) is 29.1. The molecule has 0 aliphatic carbocycles. The molecule has 3 aromatic heterocycles. The van der Waals surface area contributed by atoms with Crippen LogP contribution in [0.5, 0.6) is 0 Å². The molecular formula is C65H83F4N13O7S. The number of nitrogens with zero attached hydrogens (tertiary/aromatic N) is 9. The number of aliphatic hydroxyl groups is 1. The molecule has 9 rings (SSSR count). The number of aryl methyl sites for hydroxylation is 1. The number of unbranched alkanes of at least 4 members (excludes halogenated alkanes) is 4. The van der Waals surface area contributed by atoms with Gasteiger partial charge in [-0.1, -0.05) is 70.4 Å². The van der Waals surface area contributed by atoms with Crippen LogP contribution in [0, 0.1) is 18.2 Å². The number of anilines is 3. The monoisotopic (exact) mass is 1270 g/mol. The summed E-state index contributed by atoms with van der Waals surface area (Å²) >= 11 is 1.57. The number of hydrogen-bond donors (Lipinski definition) is 5. The normalized spacial score (nSPS) is 19.8. The number of thiazole rings is 1. The number of nitrogens with one attached hydrogen (secondary N) is 4. The minimum absolute atomic E-state index is 0.00655. The van der Waals surface area contributed by atoms with Gasteiger partial charge in [0, 0.05) is 139 Å². The van der Waals surface area contributed by atoms with Gasteiger partial charge in [-0.3, -0.25) is 38.6 Å². The third-order valence-corrected chi connectivity index (χ3v) is 18.7. The van der Waals surface area contributed by atoms with E-state index in [0.717, 1.165) is 59.1 Å². The van der Waals surface area contributed by atoms with Crippen molar-refractivity contribution in [1.82, 2.24) is 50.2 Å². The summed E-state index contributed by atoms with van der Waals surface area (Å²) in [7, 11) is 1.99. The molecular weight excluding hydrogens is 1180 g/mol. The van der Waals surface area contributed by atoms with E-state index in [4.69, 9.17) is 0 Å². The lowest BCUT2D eigenvalue weighted by Crippen LogP contribution is -2.57. The Morgan fingerprint density at radius 3 is 2.16 bits per heavy atom. The van der Waals surface area contributed by atoms with Crippen LogP contribution in [0.2, 0.25) is 0 Å². The van der Waals surface area contributed by atoms with Crippen LogP contribution < -0.4 is 31.3 Å². The molecule has 3 fully saturated rings. The molecule has 484 valence electrons. The summed E-state index contributed by atoms with van der Waals surface area (Å²) in [4.78, 5) is 108. The molecule has 7 heterocycles.